The van der Waals surface area contributed by atoms with E-state index in [-0.39, 0.29) is 10.6 Å². The number of sulfonamides is 1. The summed E-state index contributed by atoms with van der Waals surface area (Å²) in [5.74, 6) is 0.793. The maximum Gasteiger partial charge on any atom is 0.245 e. The standard InChI is InChI=1S/C16H23N3O4S/c20-14-3-5-15(6-4-14)24(21,22)19-7-8-23-16(19)10-17-12-18(11-16)9-13-1-2-13/h3-6,13,17,20H,1-2,7-12H2. The Bertz CT molecular complexity index is 705. The molecule has 1 aromatic carbocycles. The summed E-state index contributed by atoms with van der Waals surface area (Å²) in [7, 11) is -3.67. The van der Waals surface area contributed by atoms with Gasteiger partial charge < -0.3 is 9.84 Å². The van der Waals surface area contributed by atoms with E-state index in [2.05, 4.69) is 10.2 Å². The molecule has 1 unspecified atom stereocenters. The average Bonchev–Trinajstić information content (AvgIpc) is 3.27. The van der Waals surface area contributed by atoms with Gasteiger partial charge in [-0.25, -0.2) is 8.42 Å². The van der Waals surface area contributed by atoms with Gasteiger partial charge in [-0.1, -0.05) is 0 Å². The van der Waals surface area contributed by atoms with Gasteiger partial charge in [-0.2, -0.15) is 4.31 Å². The van der Waals surface area contributed by atoms with Crippen LogP contribution in [0.1, 0.15) is 12.8 Å². The van der Waals surface area contributed by atoms with E-state index in [1.54, 1.807) is 0 Å². The molecule has 1 aromatic rings. The fraction of sp³-hybridized carbons (Fsp3) is 0.625. The normalized spacial score (nSPS) is 29.3. The maximum absolute atomic E-state index is 13.1. The molecule has 1 aliphatic carbocycles. The number of ether oxygens (including phenoxy) is 1. The van der Waals surface area contributed by atoms with Gasteiger partial charge in [0.05, 0.1) is 11.5 Å². The quantitative estimate of drug-likeness (QED) is 0.815. The third kappa shape index (κ3) is 2.93. The highest BCUT2D eigenvalue weighted by molar-refractivity contribution is 7.89. The molecular formula is C16H23N3O4S. The topological polar surface area (TPSA) is 82.1 Å². The Labute approximate surface area is 142 Å². The van der Waals surface area contributed by atoms with E-state index in [9.17, 15) is 13.5 Å². The molecule has 8 heteroatoms. The highest BCUT2D eigenvalue weighted by Gasteiger charge is 2.51. The van der Waals surface area contributed by atoms with E-state index in [1.807, 2.05) is 0 Å². The van der Waals surface area contributed by atoms with Crippen molar-refractivity contribution >= 4 is 10.0 Å². The lowest BCUT2D eigenvalue weighted by Gasteiger charge is -2.44. The number of nitrogens with zero attached hydrogens (tertiary/aromatic N) is 2. The largest absolute Gasteiger partial charge is 0.508 e. The minimum absolute atomic E-state index is 0.0521. The summed E-state index contributed by atoms with van der Waals surface area (Å²) in [6, 6.07) is 5.67. The van der Waals surface area contributed by atoms with Crippen LogP contribution in [0.2, 0.25) is 0 Å². The first-order chi connectivity index (χ1) is 11.5. The van der Waals surface area contributed by atoms with Gasteiger partial charge in [0, 0.05) is 32.8 Å². The smallest absolute Gasteiger partial charge is 0.245 e. The summed E-state index contributed by atoms with van der Waals surface area (Å²) >= 11 is 0. The summed E-state index contributed by atoms with van der Waals surface area (Å²) in [5, 5.41) is 12.7. The minimum Gasteiger partial charge on any atom is -0.508 e. The van der Waals surface area contributed by atoms with Crippen LogP contribution in [0.15, 0.2) is 29.2 Å². The zero-order chi connectivity index (χ0) is 16.8. The molecule has 0 amide bonds. The van der Waals surface area contributed by atoms with Crippen molar-refractivity contribution < 1.29 is 18.3 Å². The number of phenolic OH excluding ortho intramolecular Hbond substituents is 1. The summed E-state index contributed by atoms with van der Waals surface area (Å²) in [6.45, 7) is 3.59. The Balaban J connectivity index is 1.60. The monoisotopic (exact) mass is 353 g/mol. The van der Waals surface area contributed by atoms with E-state index in [0.29, 0.717) is 26.2 Å². The summed E-state index contributed by atoms with van der Waals surface area (Å²) < 4.78 is 33.6. The van der Waals surface area contributed by atoms with Crippen molar-refractivity contribution in [2.75, 3.05) is 39.5 Å². The van der Waals surface area contributed by atoms with E-state index >= 15 is 0 Å². The third-order valence-electron chi connectivity index (χ3n) is 4.96. The lowest BCUT2D eigenvalue weighted by Crippen LogP contribution is -2.65. The number of benzene rings is 1. The second-order valence-corrected chi connectivity index (χ2v) is 8.77. The number of rotatable bonds is 4. The van der Waals surface area contributed by atoms with Crippen molar-refractivity contribution in [1.29, 1.82) is 0 Å². The van der Waals surface area contributed by atoms with Crippen molar-refractivity contribution in [1.82, 2.24) is 14.5 Å². The van der Waals surface area contributed by atoms with Crippen molar-refractivity contribution in [2.45, 2.75) is 23.5 Å². The van der Waals surface area contributed by atoms with Gasteiger partial charge in [0.25, 0.3) is 0 Å². The Morgan fingerprint density at radius 3 is 2.75 bits per heavy atom. The zero-order valence-corrected chi connectivity index (χ0v) is 14.3. The average molecular weight is 353 g/mol. The minimum atomic E-state index is -3.67. The van der Waals surface area contributed by atoms with Gasteiger partial charge in [0.1, 0.15) is 5.75 Å². The lowest BCUT2D eigenvalue weighted by atomic mass is 10.1. The second kappa shape index (κ2) is 5.96. The molecule has 24 heavy (non-hydrogen) atoms. The Kier molecular flexibility index (Phi) is 4.04. The Morgan fingerprint density at radius 2 is 2.04 bits per heavy atom. The number of phenols is 1. The van der Waals surface area contributed by atoms with E-state index < -0.39 is 15.7 Å². The number of nitrogens with one attached hydrogen (secondary N) is 1. The van der Waals surface area contributed by atoms with Crippen LogP contribution in [0, 0.1) is 5.92 Å². The first-order valence-electron chi connectivity index (χ1n) is 8.39. The Morgan fingerprint density at radius 1 is 1.29 bits per heavy atom. The van der Waals surface area contributed by atoms with E-state index in [4.69, 9.17) is 4.74 Å². The van der Waals surface area contributed by atoms with Gasteiger partial charge in [-0.15, -0.1) is 0 Å². The van der Waals surface area contributed by atoms with Crippen LogP contribution < -0.4 is 5.32 Å². The molecule has 1 saturated carbocycles. The van der Waals surface area contributed by atoms with E-state index in [0.717, 1.165) is 19.1 Å². The third-order valence-corrected chi connectivity index (χ3v) is 6.93. The molecule has 2 N–H and O–H groups in total. The van der Waals surface area contributed by atoms with Gasteiger partial charge in [0.2, 0.25) is 10.0 Å². The van der Waals surface area contributed by atoms with Crippen LogP contribution in [0.25, 0.3) is 0 Å². The molecule has 1 atom stereocenters. The van der Waals surface area contributed by atoms with Crippen molar-refractivity contribution in [3.05, 3.63) is 24.3 Å². The first-order valence-corrected chi connectivity index (χ1v) is 9.83. The molecule has 0 aromatic heterocycles. The number of hydrogen-bond donors (Lipinski definition) is 2. The number of aromatic hydroxyl groups is 1. The first kappa shape index (κ1) is 16.3. The van der Waals surface area contributed by atoms with Crippen molar-refractivity contribution in [3.8, 4) is 5.75 Å². The molecule has 0 bridgehead atoms. The predicted octanol–water partition coefficient (Wildman–Crippen LogP) is 0.382. The molecule has 4 rings (SSSR count). The SMILES string of the molecule is O=S(=O)(c1ccc(O)cc1)N1CCOC12CNCN(CC1CC1)C2. The molecular weight excluding hydrogens is 330 g/mol. The fourth-order valence-corrected chi connectivity index (χ4v) is 5.27. The van der Waals surface area contributed by atoms with Crippen LogP contribution in [-0.4, -0.2) is 67.9 Å². The van der Waals surface area contributed by atoms with Gasteiger partial charge >= 0.3 is 0 Å². The van der Waals surface area contributed by atoms with Crippen molar-refractivity contribution in [2.24, 2.45) is 5.92 Å². The zero-order valence-electron chi connectivity index (χ0n) is 13.5. The lowest BCUT2D eigenvalue weighted by molar-refractivity contribution is -0.0923. The van der Waals surface area contributed by atoms with Gasteiger partial charge in [-0.3, -0.25) is 10.2 Å². The van der Waals surface area contributed by atoms with Crippen LogP contribution in [0.4, 0.5) is 0 Å². The maximum atomic E-state index is 13.1. The molecule has 2 aliphatic heterocycles. The summed E-state index contributed by atoms with van der Waals surface area (Å²) in [6.07, 6.45) is 2.53. The molecule has 0 radical (unpaired) electrons. The predicted molar refractivity (Wildman–Crippen MR) is 87.8 cm³/mol. The second-order valence-electron chi connectivity index (χ2n) is 6.91. The highest BCUT2D eigenvalue weighted by atomic mass is 32.2. The van der Waals surface area contributed by atoms with E-state index in [1.165, 1.54) is 41.4 Å². The van der Waals surface area contributed by atoms with Crippen LogP contribution >= 0.6 is 0 Å². The Hall–Kier alpha value is -1.19. The molecule has 7 nitrogen and oxygen atoms in total. The van der Waals surface area contributed by atoms with Crippen LogP contribution in [0.5, 0.6) is 5.75 Å². The highest BCUT2D eigenvalue weighted by Crippen LogP contribution is 2.35. The summed E-state index contributed by atoms with van der Waals surface area (Å²) in [4.78, 5) is 2.44. The van der Waals surface area contributed by atoms with Gasteiger partial charge in [-0.05, 0) is 43.0 Å². The number of hydrogen-bond acceptors (Lipinski definition) is 6. The molecule has 3 aliphatic rings. The molecule has 132 valence electrons. The summed E-state index contributed by atoms with van der Waals surface area (Å²) in [5.41, 5.74) is -0.843. The fourth-order valence-electron chi connectivity index (χ4n) is 3.61. The molecule has 2 saturated heterocycles. The molecule has 3 fully saturated rings. The van der Waals surface area contributed by atoms with Crippen LogP contribution in [-0.2, 0) is 14.8 Å². The molecule has 1 spiro atoms. The van der Waals surface area contributed by atoms with Crippen molar-refractivity contribution in [3.63, 3.8) is 0 Å². The van der Waals surface area contributed by atoms with Crippen LogP contribution in [0.3, 0.4) is 0 Å². The van der Waals surface area contributed by atoms with Gasteiger partial charge in [0.15, 0.2) is 5.72 Å². The molecule has 2 heterocycles.